The molecule has 20 heavy (non-hydrogen) atoms. The predicted molar refractivity (Wildman–Crippen MR) is 85.5 cm³/mol. The van der Waals surface area contributed by atoms with Crippen LogP contribution in [0.1, 0.15) is 18.8 Å². The largest absolute Gasteiger partial charge is 0.324 e. The van der Waals surface area contributed by atoms with E-state index in [0.717, 1.165) is 11.3 Å². The van der Waals surface area contributed by atoms with Crippen LogP contribution in [0.2, 0.25) is 0 Å². The Hall–Kier alpha value is -0.460. The summed E-state index contributed by atoms with van der Waals surface area (Å²) in [6.45, 7) is 1.98. The Balaban J connectivity index is 2.61. The normalized spacial score (nSPS) is 14.7. The summed E-state index contributed by atoms with van der Waals surface area (Å²) in [5.41, 5.74) is 1.43. The van der Waals surface area contributed by atoms with Crippen molar-refractivity contribution in [1.82, 2.24) is 9.55 Å². The molecule has 3 nitrogen and oxygen atoms in total. The van der Waals surface area contributed by atoms with Gasteiger partial charge >= 0.3 is 0 Å². The number of nitrogens with zero attached hydrogens (tertiary/aromatic N) is 2. The van der Waals surface area contributed by atoms with Crippen LogP contribution in [-0.2, 0) is 17.2 Å². The van der Waals surface area contributed by atoms with Gasteiger partial charge in [0.25, 0.3) is 0 Å². The van der Waals surface area contributed by atoms with Gasteiger partial charge in [0, 0.05) is 47.2 Å². The zero-order valence-electron chi connectivity index (χ0n) is 11.2. The van der Waals surface area contributed by atoms with Gasteiger partial charge in [0.2, 0.25) is 0 Å². The summed E-state index contributed by atoms with van der Waals surface area (Å²) in [6.07, 6.45) is 2.27. The van der Waals surface area contributed by atoms with Gasteiger partial charge in [0.05, 0.1) is 15.5 Å². The Morgan fingerprint density at radius 3 is 2.85 bits per heavy atom. The molecule has 2 aromatic rings. The number of rotatable bonds is 5. The first-order valence-corrected chi connectivity index (χ1v) is 9.21. The molecule has 2 unspecified atom stereocenters. The van der Waals surface area contributed by atoms with Gasteiger partial charge in [-0.15, -0.1) is 11.6 Å². The maximum absolute atomic E-state index is 13.6. The number of fused-ring (bicyclic) bond motifs is 1. The van der Waals surface area contributed by atoms with Crippen LogP contribution in [0.5, 0.6) is 0 Å². The second-order valence-corrected chi connectivity index (χ2v) is 7.39. The molecule has 0 fully saturated rings. The molecule has 1 aromatic heterocycles. The molecule has 0 saturated carbocycles. The third-order valence-corrected chi connectivity index (χ3v) is 4.79. The summed E-state index contributed by atoms with van der Waals surface area (Å²) in [5.74, 6) is 1.42. The van der Waals surface area contributed by atoms with E-state index in [9.17, 15) is 8.60 Å². The number of halogens is 3. The second kappa shape index (κ2) is 6.54. The number of hydrogen-bond acceptors (Lipinski definition) is 2. The van der Waals surface area contributed by atoms with Crippen molar-refractivity contribution in [1.29, 1.82) is 0 Å². The van der Waals surface area contributed by atoms with Crippen LogP contribution in [-0.4, -0.2) is 31.6 Å². The van der Waals surface area contributed by atoms with Crippen molar-refractivity contribution < 1.29 is 8.60 Å². The van der Waals surface area contributed by atoms with Gasteiger partial charge in [-0.2, -0.15) is 0 Å². The molecule has 0 bridgehead atoms. The topological polar surface area (TPSA) is 34.9 Å². The second-order valence-electron chi connectivity index (χ2n) is 4.68. The minimum Gasteiger partial charge on any atom is -0.324 e. The Bertz CT molecular complexity index is 661. The van der Waals surface area contributed by atoms with Crippen LogP contribution < -0.4 is 0 Å². The van der Waals surface area contributed by atoms with Gasteiger partial charge in [-0.1, -0.05) is 0 Å². The maximum Gasteiger partial charge on any atom is 0.139 e. The summed E-state index contributed by atoms with van der Waals surface area (Å²) in [5, 5.41) is 0. The predicted octanol–water partition coefficient (Wildman–Crippen LogP) is 3.66. The molecule has 1 aromatic carbocycles. The lowest BCUT2D eigenvalue weighted by Gasteiger charge is -2.16. The first kappa shape index (κ1) is 15.9. The molecule has 0 N–H and O–H groups in total. The fourth-order valence-electron chi connectivity index (χ4n) is 2.31. The molecular formula is C13H15BrClFN2OS. The fraction of sp³-hybridized carbons (Fsp3) is 0.462. The zero-order chi connectivity index (χ0) is 14.9. The zero-order valence-corrected chi connectivity index (χ0v) is 14.4. The molecule has 2 rings (SSSR count). The van der Waals surface area contributed by atoms with Crippen molar-refractivity contribution in [2.45, 2.75) is 19.4 Å². The minimum atomic E-state index is -0.913. The van der Waals surface area contributed by atoms with Gasteiger partial charge in [-0.05, 0) is 28.9 Å². The molecule has 110 valence electrons. The molecule has 0 spiro atoms. The lowest BCUT2D eigenvalue weighted by atomic mass is 10.3. The molecule has 0 amide bonds. The first-order chi connectivity index (χ1) is 9.43. The third kappa shape index (κ3) is 3.23. The monoisotopic (exact) mass is 380 g/mol. The van der Waals surface area contributed by atoms with Crippen LogP contribution in [0.4, 0.5) is 4.39 Å². The molecule has 0 aliphatic rings. The molecule has 0 aliphatic carbocycles. The number of hydrogen-bond donors (Lipinski definition) is 0. The summed E-state index contributed by atoms with van der Waals surface area (Å²) in [6, 6.07) is 3.13. The minimum absolute atomic E-state index is 0.0152. The molecule has 1 heterocycles. The van der Waals surface area contributed by atoms with Gasteiger partial charge in [0.1, 0.15) is 11.6 Å². The molecule has 2 atom stereocenters. The van der Waals surface area contributed by atoms with E-state index in [4.69, 9.17) is 11.6 Å². The van der Waals surface area contributed by atoms with E-state index in [0.29, 0.717) is 28.0 Å². The van der Waals surface area contributed by atoms with E-state index >= 15 is 0 Å². The van der Waals surface area contributed by atoms with Crippen LogP contribution in [0.3, 0.4) is 0 Å². The van der Waals surface area contributed by atoms with Gasteiger partial charge in [-0.3, -0.25) is 4.21 Å². The summed E-state index contributed by atoms with van der Waals surface area (Å²) >= 11 is 9.01. The first-order valence-electron chi connectivity index (χ1n) is 6.16. The standard InChI is InChI=1S/C13H15BrClFN2OS/c1-8(7-20(2)19)18-12-5-9(14)10(16)6-11(12)17-13(18)3-4-15/h5-6,8H,3-4,7H2,1-2H3. The van der Waals surface area contributed by atoms with Crippen LogP contribution in [0.15, 0.2) is 16.6 Å². The Morgan fingerprint density at radius 2 is 2.25 bits per heavy atom. The van der Waals surface area contributed by atoms with Crippen LogP contribution in [0.25, 0.3) is 11.0 Å². The summed E-state index contributed by atoms with van der Waals surface area (Å²) in [4.78, 5) is 4.45. The number of alkyl halides is 1. The summed E-state index contributed by atoms with van der Waals surface area (Å²) in [7, 11) is -0.913. The average molecular weight is 382 g/mol. The summed E-state index contributed by atoms with van der Waals surface area (Å²) < 4.78 is 27.5. The smallest absolute Gasteiger partial charge is 0.139 e. The van der Waals surface area contributed by atoms with Crippen molar-refractivity contribution in [3.63, 3.8) is 0 Å². The highest BCUT2D eigenvalue weighted by molar-refractivity contribution is 9.10. The average Bonchev–Trinajstić information content (AvgIpc) is 2.67. The number of aryl methyl sites for hydroxylation is 1. The van der Waals surface area contributed by atoms with Crippen molar-refractivity contribution in [3.8, 4) is 0 Å². The maximum atomic E-state index is 13.6. The highest BCUT2D eigenvalue weighted by atomic mass is 79.9. The van der Waals surface area contributed by atoms with E-state index in [1.807, 2.05) is 11.5 Å². The third-order valence-electron chi connectivity index (χ3n) is 3.04. The van der Waals surface area contributed by atoms with Crippen molar-refractivity contribution in [3.05, 3.63) is 28.2 Å². The van der Waals surface area contributed by atoms with Crippen LogP contribution >= 0.6 is 27.5 Å². The van der Waals surface area contributed by atoms with Crippen molar-refractivity contribution in [2.24, 2.45) is 0 Å². The van der Waals surface area contributed by atoms with Gasteiger partial charge in [0.15, 0.2) is 0 Å². The molecule has 7 heteroatoms. The molecule has 0 radical (unpaired) electrons. The van der Waals surface area contributed by atoms with E-state index in [1.54, 1.807) is 12.3 Å². The number of aromatic nitrogens is 2. The lowest BCUT2D eigenvalue weighted by molar-refractivity contribution is 0.586. The van der Waals surface area contributed by atoms with E-state index in [-0.39, 0.29) is 11.9 Å². The fourth-order valence-corrected chi connectivity index (χ4v) is 3.64. The number of benzene rings is 1. The SMILES string of the molecule is CC(CS(C)=O)n1c(CCCl)nc2cc(F)c(Br)cc21. The van der Waals surface area contributed by atoms with E-state index in [1.165, 1.54) is 6.07 Å². The Labute approximate surface area is 133 Å². The van der Waals surface area contributed by atoms with E-state index < -0.39 is 10.8 Å². The Morgan fingerprint density at radius 1 is 1.55 bits per heavy atom. The molecular weight excluding hydrogens is 367 g/mol. The van der Waals surface area contributed by atoms with E-state index in [2.05, 4.69) is 20.9 Å². The van der Waals surface area contributed by atoms with Gasteiger partial charge < -0.3 is 4.57 Å². The molecule has 0 saturated heterocycles. The lowest BCUT2D eigenvalue weighted by Crippen LogP contribution is -2.16. The molecule has 0 aliphatic heterocycles. The highest BCUT2D eigenvalue weighted by Gasteiger charge is 2.18. The quantitative estimate of drug-likeness (QED) is 0.741. The van der Waals surface area contributed by atoms with Crippen molar-refractivity contribution in [2.75, 3.05) is 17.9 Å². The number of imidazole rings is 1. The van der Waals surface area contributed by atoms with Crippen LogP contribution in [0, 0.1) is 5.82 Å². The van der Waals surface area contributed by atoms with Gasteiger partial charge in [-0.25, -0.2) is 9.37 Å². The highest BCUT2D eigenvalue weighted by Crippen LogP contribution is 2.27. The Kier molecular flexibility index (Phi) is 5.20. The van der Waals surface area contributed by atoms with Crippen molar-refractivity contribution >= 4 is 49.4 Å².